The van der Waals surface area contributed by atoms with Crippen molar-refractivity contribution in [1.82, 2.24) is 9.97 Å². The summed E-state index contributed by atoms with van der Waals surface area (Å²) in [6.07, 6.45) is 0. The lowest BCUT2D eigenvalue weighted by atomic mass is 10.0. The average molecular weight is 465 g/mol. The molecule has 0 fully saturated rings. The smallest absolute Gasteiger partial charge is 0.338 e. The van der Waals surface area contributed by atoms with Gasteiger partial charge in [0.1, 0.15) is 17.3 Å². The summed E-state index contributed by atoms with van der Waals surface area (Å²) < 4.78 is 10.2. The second-order valence-electron chi connectivity index (χ2n) is 7.31. The number of benzene rings is 2. The number of ether oxygens (including phenoxy) is 2. The SMILES string of the molecule is COC(=O)c1ccc(OCc2nc3sc(C)c(-c4ccc(C)cc4)c3c(=O)[nH]2)c([N+](=O)[O-])c1. The third-order valence-electron chi connectivity index (χ3n) is 5.07. The van der Waals surface area contributed by atoms with Crippen LogP contribution in [0.3, 0.4) is 0 Å². The number of nitro groups is 1. The number of carbonyl (C=O) groups is 1. The Hall–Kier alpha value is -4.05. The predicted molar refractivity (Wildman–Crippen MR) is 124 cm³/mol. The second-order valence-corrected chi connectivity index (χ2v) is 8.52. The number of H-pyrrole nitrogens is 1. The number of aryl methyl sites for hydroxylation is 2. The molecular formula is C23H19N3O6S. The van der Waals surface area contributed by atoms with Gasteiger partial charge >= 0.3 is 11.7 Å². The molecule has 0 amide bonds. The van der Waals surface area contributed by atoms with E-state index < -0.39 is 16.6 Å². The standard InChI is InChI=1S/C23H19N3O6S/c1-12-4-6-14(7-5-12)19-13(2)33-22-20(19)21(27)24-18(25-22)11-32-17-9-8-15(23(28)31-3)10-16(17)26(29)30/h4-10H,11H2,1-3H3,(H,24,25,27). The van der Waals surface area contributed by atoms with Crippen LogP contribution >= 0.6 is 11.3 Å². The number of nitrogens with zero attached hydrogens (tertiary/aromatic N) is 2. The zero-order valence-corrected chi connectivity index (χ0v) is 18.8. The number of fused-ring (bicyclic) bond motifs is 1. The van der Waals surface area contributed by atoms with Crippen molar-refractivity contribution in [1.29, 1.82) is 0 Å². The number of nitro benzene ring substituents is 1. The van der Waals surface area contributed by atoms with Gasteiger partial charge in [-0.05, 0) is 31.5 Å². The van der Waals surface area contributed by atoms with Gasteiger partial charge in [-0.3, -0.25) is 14.9 Å². The molecule has 0 spiro atoms. The molecule has 4 aromatic rings. The van der Waals surface area contributed by atoms with Crippen LogP contribution in [0.4, 0.5) is 5.69 Å². The van der Waals surface area contributed by atoms with Crippen molar-refractivity contribution in [2.45, 2.75) is 20.5 Å². The third-order valence-corrected chi connectivity index (χ3v) is 6.07. The number of esters is 1. The van der Waals surface area contributed by atoms with Gasteiger partial charge in [-0.15, -0.1) is 11.3 Å². The molecule has 0 saturated carbocycles. The Labute approximate surface area is 191 Å². The van der Waals surface area contributed by atoms with Crippen molar-refractivity contribution >= 4 is 33.2 Å². The van der Waals surface area contributed by atoms with Gasteiger partial charge in [0, 0.05) is 16.5 Å². The molecule has 0 unspecified atom stereocenters. The third kappa shape index (κ3) is 4.33. The number of hydrogen-bond donors (Lipinski definition) is 1. The summed E-state index contributed by atoms with van der Waals surface area (Å²) in [5.41, 5.74) is 2.22. The minimum absolute atomic E-state index is 0.0298. The van der Waals surface area contributed by atoms with Crippen LogP contribution < -0.4 is 10.3 Å². The monoisotopic (exact) mass is 465 g/mol. The first-order valence-corrected chi connectivity index (χ1v) is 10.7. The maximum atomic E-state index is 12.9. The number of thiophene rings is 1. The molecule has 0 aliphatic rings. The van der Waals surface area contributed by atoms with Crippen molar-refractivity contribution < 1.29 is 19.2 Å². The fourth-order valence-corrected chi connectivity index (χ4v) is 4.54. The zero-order valence-electron chi connectivity index (χ0n) is 18.0. The molecule has 1 N–H and O–H groups in total. The van der Waals surface area contributed by atoms with Gasteiger partial charge in [0.25, 0.3) is 5.56 Å². The molecule has 9 nitrogen and oxygen atoms in total. The molecule has 168 valence electrons. The highest BCUT2D eigenvalue weighted by molar-refractivity contribution is 7.19. The Bertz CT molecular complexity index is 1440. The molecule has 0 bridgehead atoms. The molecule has 0 atom stereocenters. The Morgan fingerprint density at radius 3 is 2.58 bits per heavy atom. The predicted octanol–water partition coefficient (Wildman–Crippen LogP) is 4.54. The van der Waals surface area contributed by atoms with Crippen LogP contribution in [0.5, 0.6) is 5.75 Å². The average Bonchev–Trinajstić information content (AvgIpc) is 3.13. The highest BCUT2D eigenvalue weighted by atomic mass is 32.1. The Kier molecular flexibility index (Phi) is 5.93. The fraction of sp³-hybridized carbons (Fsp3) is 0.174. The lowest BCUT2D eigenvalue weighted by Crippen LogP contribution is -2.13. The second kappa shape index (κ2) is 8.83. The first-order chi connectivity index (χ1) is 15.8. The normalized spacial score (nSPS) is 10.9. The van der Waals surface area contributed by atoms with E-state index in [1.165, 1.54) is 30.6 Å². The number of carbonyl (C=O) groups excluding carboxylic acids is 1. The van der Waals surface area contributed by atoms with E-state index in [2.05, 4.69) is 14.7 Å². The van der Waals surface area contributed by atoms with Crippen LogP contribution in [-0.2, 0) is 11.3 Å². The topological polar surface area (TPSA) is 124 Å². The lowest BCUT2D eigenvalue weighted by Gasteiger charge is -2.08. The molecule has 0 aliphatic heterocycles. The maximum absolute atomic E-state index is 12.9. The number of hydrogen-bond acceptors (Lipinski definition) is 8. The highest BCUT2D eigenvalue weighted by Crippen LogP contribution is 2.35. The highest BCUT2D eigenvalue weighted by Gasteiger charge is 2.21. The molecule has 0 aliphatic carbocycles. The molecule has 2 heterocycles. The first-order valence-electron chi connectivity index (χ1n) is 9.87. The van der Waals surface area contributed by atoms with E-state index in [-0.39, 0.29) is 29.3 Å². The quantitative estimate of drug-likeness (QED) is 0.252. The summed E-state index contributed by atoms with van der Waals surface area (Å²) in [6.45, 7) is 3.74. The summed E-state index contributed by atoms with van der Waals surface area (Å²) in [5, 5.41) is 11.9. The molecule has 2 aromatic heterocycles. The molecular weight excluding hydrogens is 446 g/mol. The summed E-state index contributed by atoms with van der Waals surface area (Å²) in [5.74, 6) is -0.521. The van der Waals surface area contributed by atoms with Gasteiger partial charge in [0.2, 0.25) is 0 Å². The Morgan fingerprint density at radius 1 is 1.18 bits per heavy atom. The van der Waals surface area contributed by atoms with Crippen molar-refractivity contribution in [3.63, 3.8) is 0 Å². The maximum Gasteiger partial charge on any atom is 0.338 e. The van der Waals surface area contributed by atoms with E-state index in [9.17, 15) is 19.7 Å². The van der Waals surface area contributed by atoms with Gasteiger partial charge in [-0.2, -0.15) is 0 Å². The van der Waals surface area contributed by atoms with Gasteiger partial charge < -0.3 is 14.5 Å². The number of rotatable bonds is 6. The van der Waals surface area contributed by atoms with Crippen LogP contribution in [0.2, 0.25) is 0 Å². The van der Waals surface area contributed by atoms with Crippen molar-refractivity contribution in [3.05, 3.63) is 84.8 Å². The van der Waals surface area contributed by atoms with Crippen LogP contribution in [0.25, 0.3) is 21.3 Å². The van der Waals surface area contributed by atoms with Crippen molar-refractivity contribution in [2.75, 3.05) is 7.11 Å². The Balaban J connectivity index is 1.66. The number of aromatic amines is 1. The van der Waals surface area contributed by atoms with E-state index in [4.69, 9.17) is 4.74 Å². The van der Waals surface area contributed by atoms with Crippen molar-refractivity contribution in [2.24, 2.45) is 0 Å². The summed E-state index contributed by atoms with van der Waals surface area (Å²) >= 11 is 1.40. The first kappa shape index (κ1) is 22.2. The van der Waals surface area contributed by atoms with E-state index in [0.717, 1.165) is 27.6 Å². The van der Waals surface area contributed by atoms with Gasteiger partial charge in [-0.1, -0.05) is 29.8 Å². The minimum Gasteiger partial charge on any atom is -0.479 e. The number of nitrogens with one attached hydrogen (secondary N) is 1. The minimum atomic E-state index is -0.696. The molecule has 0 radical (unpaired) electrons. The van der Waals surface area contributed by atoms with Crippen LogP contribution in [-0.4, -0.2) is 28.0 Å². The summed E-state index contributed by atoms with van der Waals surface area (Å²) in [6, 6.07) is 11.7. The lowest BCUT2D eigenvalue weighted by molar-refractivity contribution is -0.386. The van der Waals surface area contributed by atoms with E-state index in [1.54, 1.807) is 0 Å². The molecule has 0 saturated heterocycles. The van der Waals surface area contributed by atoms with E-state index >= 15 is 0 Å². The summed E-state index contributed by atoms with van der Waals surface area (Å²) in [7, 11) is 1.19. The molecule has 10 heteroatoms. The molecule has 4 rings (SSSR count). The van der Waals surface area contributed by atoms with Crippen LogP contribution in [0, 0.1) is 24.0 Å². The van der Waals surface area contributed by atoms with Crippen LogP contribution in [0.15, 0.2) is 47.3 Å². The largest absolute Gasteiger partial charge is 0.479 e. The Morgan fingerprint density at radius 2 is 1.91 bits per heavy atom. The molecule has 33 heavy (non-hydrogen) atoms. The number of methoxy groups -OCH3 is 1. The van der Waals surface area contributed by atoms with Gasteiger partial charge in [-0.25, -0.2) is 9.78 Å². The van der Waals surface area contributed by atoms with Crippen molar-refractivity contribution in [3.8, 4) is 16.9 Å². The van der Waals surface area contributed by atoms with Gasteiger partial charge in [0.15, 0.2) is 5.75 Å². The molecule has 2 aromatic carbocycles. The zero-order chi connectivity index (χ0) is 23.7. The van der Waals surface area contributed by atoms with E-state index in [0.29, 0.717) is 10.2 Å². The van der Waals surface area contributed by atoms with Gasteiger partial charge in [0.05, 0.1) is 23.0 Å². The fourth-order valence-electron chi connectivity index (χ4n) is 3.47. The van der Waals surface area contributed by atoms with E-state index in [1.807, 2.05) is 38.1 Å². The summed E-state index contributed by atoms with van der Waals surface area (Å²) in [4.78, 5) is 44.1. The number of aromatic nitrogens is 2. The van der Waals surface area contributed by atoms with Crippen LogP contribution in [0.1, 0.15) is 26.6 Å².